The Balaban J connectivity index is 1.80. The van der Waals surface area contributed by atoms with Crippen molar-refractivity contribution in [2.45, 2.75) is 19.0 Å². The molecule has 0 radical (unpaired) electrons. The quantitative estimate of drug-likeness (QED) is 0.281. The maximum atomic E-state index is 13.2. The molecule has 0 spiro atoms. The van der Waals surface area contributed by atoms with Gasteiger partial charge in [0.15, 0.2) is 0 Å². The first kappa shape index (κ1) is 19.3. The minimum Gasteiger partial charge on any atom is -0.478 e. The van der Waals surface area contributed by atoms with Crippen LogP contribution in [0.1, 0.15) is 34.3 Å². The molecule has 0 bridgehead atoms. The van der Waals surface area contributed by atoms with Gasteiger partial charge in [-0.1, -0.05) is 42.5 Å². The molecule has 1 heterocycles. The largest absolute Gasteiger partial charge is 0.478 e. The first-order valence-electron chi connectivity index (χ1n) is 9.80. The minimum absolute atomic E-state index is 0.0232. The Morgan fingerprint density at radius 2 is 1.77 bits per heavy atom. The molecule has 4 aromatic rings. The Bertz CT molecular complexity index is 1450. The predicted molar refractivity (Wildman–Crippen MR) is 115 cm³/mol. The molecule has 6 heteroatoms. The normalized spacial score (nSPS) is 14.4. The lowest BCUT2D eigenvalue weighted by atomic mass is 9.93. The maximum Gasteiger partial charge on any atom is 0.416 e. The van der Waals surface area contributed by atoms with E-state index >= 15 is 0 Å². The van der Waals surface area contributed by atoms with Crippen LogP contribution in [0.15, 0.2) is 66.8 Å². The Morgan fingerprint density at radius 1 is 0.968 bits per heavy atom. The first-order chi connectivity index (χ1) is 14.8. The first-order valence-corrected chi connectivity index (χ1v) is 9.80. The van der Waals surface area contributed by atoms with Crippen molar-refractivity contribution in [3.8, 4) is 0 Å². The lowest BCUT2D eigenvalue weighted by molar-refractivity contribution is -0.137. The van der Waals surface area contributed by atoms with Crippen LogP contribution in [0.4, 0.5) is 13.2 Å². The highest BCUT2D eigenvalue weighted by Crippen LogP contribution is 2.36. The van der Waals surface area contributed by atoms with E-state index in [1.165, 1.54) is 11.6 Å². The number of halogens is 3. The van der Waals surface area contributed by atoms with E-state index in [2.05, 4.69) is 17.1 Å². The molecule has 0 saturated heterocycles. The Labute approximate surface area is 175 Å². The number of nitrogens with zero attached hydrogens (tertiary/aromatic N) is 1. The van der Waals surface area contributed by atoms with Gasteiger partial charge in [0.1, 0.15) is 0 Å². The van der Waals surface area contributed by atoms with Crippen LogP contribution in [0.25, 0.3) is 38.2 Å². The van der Waals surface area contributed by atoms with E-state index in [1.807, 2.05) is 24.3 Å². The van der Waals surface area contributed by atoms with Gasteiger partial charge in [-0.3, -0.25) is 0 Å². The molecule has 1 aromatic heterocycles. The van der Waals surface area contributed by atoms with E-state index in [1.54, 1.807) is 12.1 Å². The molecule has 0 unspecified atom stereocenters. The molecule has 0 saturated carbocycles. The smallest absolute Gasteiger partial charge is 0.416 e. The van der Waals surface area contributed by atoms with Crippen molar-refractivity contribution in [1.29, 1.82) is 0 Å². The number of carboxylic acid groups (broad SMARTS) is 1. The summed E-state index contributed by atoms with van der Waals surface area (Å²) in [5, 5.41) is 11.8. The molecule has 5 rings (SSSR count). The summed E-state index contributed by atoms with van der Waals surface area (Å²) < 4.78 is 39.6. The number of aromatic nitrogens is 1. The number of hydrogen-bond acceptors (Lipinski definition) is 2. The third kappa shape index (κ3) is 3.24. The second kappa shape index (κ2) is 6.94. The van der Waals surface area contributed by atoms with Gasteiger partial charge in [0.2, 0.25) is 0 Å². The van der Waals surface area contributed by atoms with Crippen molar-refractivity contribution in [2.75, 3.05) is 0 Å². The van der Waals surface area contributed by atoms with E-state index in [0.29, 0.717) is 10.9 Å². The highest BCUT2D eigenvalue weighted by molar-refractivity contribution is 6.19. The van der Waals surface area contributed by atoms with Gasteiger partial charge >= 0.3 is 12.1 Å². The number of alkyl halides is 3. The van der Waals surface area contributed by atoms with E-state index in [4.69, 9.17) is 0 Å². The second-order valence-electron chi connectivity index (χ2n) is 7.58. The summed E-state index contributed by atoms with van der Waals surface area (Å²) in [6.45, 7) is 0. The molecule has 1 aliphatic rings. The number of carboxylic acids is 1. The molecule has 3 aromatic carbocycles. The number of aromatic carboxylic acids is 1. The van der Waals surface area contributed by atoms with Gasteiger partial charge in [0, 0.05) is 16.2 Å². The monoisotopic (exact) mass is 419 g/mol. The standard InChI is InChI=1S/C25H16F3NO2/c26-25(27,28)17-8-11-21-20(13-17)22(24(30)31)19-10-7-16-12-15(14-4-2-1-3-5-14)6-9-18(16)23(19)29-21/h1-2,4,6-13H,3,5H2,(H,30,31). The highest BCUT2D eigenvalue weighted by Gasteiger charge is 2.31. The topological polar surface area (TPSA) is 50.2 Å². The summed E-state index contributed by atoms with van der Waals surface area (Å²) in [6.07, 6.45) is 3.59. The molecular weight excluding hydrogens is 403 g/mol. The Kier molecular flexibility index (Phi) is 4.32. The summed E-state index contributed by atoms with van der Waals surface area (Å²) in [5.41, 5.74) is 1.93. The van der Waals surface area contributed by atoms with Crippen LogP contribution < -0.4 is 0 Å². The van der Waals surface area contributed by atoms with Gasteiger partial charge in [-0.15, -0.1) is 0 Å². The zero-order chi connectivity index (χ0) is 21.8. The molecule has 0 aliphatic heterocycles. The van der Waals surface area contributed by atoms with Gasteiger partial charge in [-0.2, -0.15) is 13.2 Å². The van der Waals surface area contributed by atoms with Gasteiger partial charge in [0.05, 0.1) is 22.2 Å². The van der Waals surface area contributed by atoms with Crippen LogP contribution in [-0.2, 0) is 6.18 Å². The van der Waals surface area contributed by atoms with Crippen molar-refractivity contribution in [1.82, 2.24) is 4.98 Å². The van der Waals surface area contributed by atoms with E-state index in [0.717, 1.165) is 41.3 Å². The van der Waals surface area contributed by atoms with Crippen LogP contribution in [0.2, 0.25) is 0 Å². The average Bonchev–Trinajstić information content (AvgIpc) is 2.76. The summed E-state index contributed by atoms with van der Waals surface area (Å²) in [6, 6.07) is 12.4. The van der Waals surface area contributed by atoms with Gasteiger partial charge in [-0.05, 0) is 53.6 Å². The fourth-order valence-electron chi connectivity index (χ4n) is 4.18. The summed E-state index contributed by atoms with van der Waals surface area (Å²) in [5.74, 6) is -1.29. The molecule has 154 valence electrons. The number of hydrogen-bond donors (Lipinski definition) is 1. The van der Waals surface area contributed by atoms with Crippen LogP contribution in [0, 0.1) is 0 Å². The third-order valence-electron chi connectivity index (χ3n) is 5.68. The minimum atomic E-state index is -4.57. The molecule has 0 atom stereocenters. The van der Waals surface area contributed by atoms with Gasteiger partial charge < -0.3 is 5.11 Å². The number of rotatable bonds is 2. The lowest BCUT2D eigenvalue weighted by Crippen LogP contribution is -2.07. The van der Waals surface area contributed by atoms with E-state index < -0.39 is 17.7 Å². The van der Waals surface area contributed by atoms with Crippen molar-refractivity contribution in [2.24, 2.45) is 0 Å². The number of pyridine rings is 1. The summed E-state index contributed by atoms with van der Waals surface area (Å²) in [4.78, 5) is 16.6. The summed E-state index contributed by atoms with van der Waals surface area (Å²) >= 11 is 0. The van der Waals surface area contributed by atoms with E-state index in [9.17, 15) is 23.1 Å². The summed E-state index contributed by atoms with van der Waals surface area (Å²) in [7, 11) is 0. The molecule has 31 heavy (non-hydrogen) atoms. The van der Waals surface area contributed by atoms with Gasteiger partial charge in [-0.25, -0.2) is 9.78 Å². The van der Waals surface area contributed by atoms with E-state index in [-0.39, 0.29) is 16.5 Å². The molecule has 3 nitrogen and oxygen atoms in total. The second-order valence-corrected chi connectivity index (χ2v) is 7.58. The van der Waals surface area contributed by atoms with Crippen LogP contribution in [0.3, 0.4) is 0 Å². The van der Waals surface area contributed by atoms with Crippen LogP contribution >= 0.6 is 0 Å². The zero-order valence-corrected chi connectivity index (χ0v) is 16.2. The number of benzene rings is 3. The fourth-order valence-corrected chi connectivity index (χ4v) is 4.18. The third-order valence-corrected chi connectivity index (χ3v) is 5.68. The highest BCUT2D eigenvalue weighted by atomic mass is 19.4. The number of allylic oxidation sites excluding steroid dienone is 4. The van der Waals surface area contributed by atoms with Crippen LogP contribution in [0.5, 0.6) is 0 Å². The molecule has 1 aliphatic carbocycles. The van der Waals surface area contributed by atoms with Crippen LogP contribution in [-0.4, -0.2) is 16.1 Å². The molecule has 0 fully saturated rings. The molecular formula is C25H16F3NO2. The van der Waals surface area contributed by atoms with Gasteiger partial charge in [0.25, 0.3) is 0 Å². The van der Waals surface area contributed by atoms with Crippen molar-refractivity contribution < 1.29 is 23.1 Å². The SMILES string of the molecule is O=C(O)c1c2cc(C(F)(F)F)ccc2nc2c1ccc1cc(C3=CC=CCC3)ccc12. The van der Waals surface area contributed by atoms with Crippen molar-refractivity contribution >= 4 is 44.1 Å². The van der Waals surface area contributed by atoms with Crippen molar-refractivity contribution in [3.63, 3.8) is 0 Å². The maximum absolute atomic E-state index is 13.2. The Hall–Kier alpha value is -3.67. The predicted octanol–water partition coefficient (Wildman–Crippen LogP) is 6.99. The lowest BCUT2D eigenvalue weighted by Gasteiger charge is -2.14. The molecule has 0 amide bonds. The molecule has 1 N–H and O–H groups in total. The number of fused-ring (bicyclic) bond motifs is 4. The zero-order valence-electron chi connectivity index (χ0n) is 16.2. The average molecular weight is 419 g/mol. The fraction of sp³-hybridized carbons (Fsp3) is 0.120. The number of carbonyl (C=O) groups is 1. The Morgan fingerprint density at radius 3 is 2.48 bits per heavy atom. The van der Waals surface area contributed by atoms with Crippen molar-refractivity contribution in [3.05, 3.63) is 83.4 Å².